The van der Waals surface area contributed by atoms with E-state index in [0.717, 1.165) is 30.7 Å². The minimum Gasteiger partial charge on any atom is -0.426 e. The maximum Gasteiger partial charge on any atom is 0.314 e. The molecule has 0 saturated heterocycles. The SMILES string of the molecule is CCCCCCCCCCCCC1CCC(C(=O)Oc2ccc(-c3ncc(CCCCCC)cn3)cc2)CC1. The minimum atomic E-state index is -0.0659. The van der Waals surface area contributed by atoms with E-state index in [1.54, 1.807) is 0 Å². The van der Waals surface area contributed by atoms with Gasteiger partial charge in [0.15, 0.2) is 5.82 Å². The summed E-state index contributed by atoms with van der Waals surface area (Å²) >= 11 is 0. The highest BCUT2D eigenvalue weighted by molar-refractivity contribution is 5.75. The van der Waals surface area contributed by atoms with Gasteiger partial charge in [-0.15, -0.1) is 0 Å². The van der Waals surface area contributed by atoms with Crippen molar-refractivity contribution < 1.29 is 9.53 Å². The zero-order valence-corrected chi connectivity index (χ0v) is 25.0. The molecular weight excluding hydrogens is 480 g/mol. The molecule has 1 fully saturated rings. The van der Waals surface area contributed by atoms with E-state index in [1.165, 1.54) is 115 Å². The Bertz CT molecular complexity index is 901. The van der Waals surface area contributed by atoms with Crippen molar-refractivity contribution in [1.29, 1.82) is 0 Å². The van der Waals surface area contributed by atoms with Crippen molar-refractivity contribution in [2.45, 2.75) is 142 Å². The molecule has 2 aromatic rings. The second-order valence-corrected chi connectivity index (χ2v) is 11.9. The van der Waals surface area contributed by atoms with Crippen molar-refractivity contribution in [2.75, 3.05) is 0 Å². The summed E-state index contributed by atoms with van der Waals surface area (Å²) in [4.78, 5) is 21.9. The monoisotopic (exact) mass is 534 g/mol. The van der Waals surface area contributed by atoms with Gasteiger partial charge in [0, 0.05) is 18.0 Å². The number of hydrogen-bond acceptors (Lipinski definition) is 4. The van der Waals surface area contributed by atoms with Crippen LogP contribution in [0.5, 0.6) is 5.75 Å². The van der Waals surface area contributed by atoms with Gasteiger partial charge < -0.3 is 4.74 Å². The molecule has 3 rings (SSSR count). The molecule has 1 heterocycles. The summed E-state index contributed by atoms with van der Waals surface area (Å²) < 4.78 is 5.75. The summed E-state index contributed by atoms with van der Waals surface area (Å²) in [7, 11) is 0. The summed E-state index contributed by atoms with van der Waals surface area (Å²) in [6, 6.07) is 7.63. The van der Waals surface area contributed by atoms with Crippen LogP contribution in [0.25, 0.3) is 11.4 Å². The standard InChI is InChI=1S/C35H54N2O2/c1-3-5-7-9-10-11-12-13-14-16-17-29-19-21-32(22-20-29)35(38)39-33-25-23-31(24-26-33)34-36-27-30(28-37-34)18-15-8-6-4-2/h23-29,32H,3-22H2,1-2H3. The molecule has 0 bridgehead atoms. The average Bonchev–Trinajstić information content (AvgIpc) is 2.97. The van der Waals surface area contributed by atoms with Gasteiger partial charge in [-0.2, -0.15) is 0 Å². The van der Waals surface area contributed by atoms with Gasteiger partial charge in [-0.05, 0) is 74.3 Å². The molecule has 0 amide bonds. The van der Waals surface area contributed by atoms with E-state index in [-0.39, 0.29) is 11.9 Å². The number of rotatable bonds is 19. The van der Waals surface area contributed by atoms with Crippen LogP contribution in [0.4, 0.5) is 0 Å². The van der Waals surface area contributed by atoms with Crippen LogP contribution >= 0.6 is 0 Å². The number of aromatic nitrogens is 2. The summed E-state index contributed by atoms with van der Waals surface area (Å²) in [6.07, 6.45) is 29.5. The number of nitrogens with zero attached hydrogens (tertiary/aromatic N) is 2. The van der Waals surface area contributed by atoms with Crippen LogP contribution in [-0.4, -0.2) is 15.9 Å². The van der Waals surface area contributed by atoms with Crippen molar-refractivity contribution in [3.8, 4) is 17.1 Å². The number of carbonyl (C=O) groups excluding carboxylic acids is 1. The van der Waals surface area contributed by atoms with Gasteiger partial charge in [0.1, 0.15) is 5.75 Å². The Labute approximate surface area is 238 Å². The van der Waals surface area contributed by atoms with Crippen LogP contribution in [0.2, 0.25) is 0 Å². The number of unbranched alkanes of at least 4 members (excludes halogenated alkanes) is 12. The third-order valence-electron chi connectivity index (χ3n) is 8.50. The van der Waals surface area contributed by atoms with E-state index in [2.05, 4.69) is 23.8 Å². The molecule has 1 aliphatic carbocycles. The highest BCUT2D eigenvalue weighted by Gasteiger charge is 2.27. The number of ether oxygens (including phenoxy) is 1. The second kappa shape index (κ2) is 19.0. The first-order valence-electron chi connectivity index (χ1n) is 16.3. The van der Waals surface area contributed by atoms with Gasteiger partial charge in [0.2, 0.25) is 0 Å². The first kappa shape index (κ1) is 31.3. The van der Waals surface area contributed by atoms with Crippen molar-refractivity contribution >= 4 is 5.97 Å². The first-order valence-corrected chi connectivity index (χ1v) is 16.3. The minimum absolute atomic E-state index is 0.0434. The van der Waals surface area contributed by atoms with Gasteiger partial charge in [0.05, 0.1) is 5.92 Å². The third-order valence-corrected chi connectivity index (χ3v) is 8.50. The highest BCUT2D eigenvalue weighted by Crippen LogP contribution is 2.33. The Kier molecular flexibility index (Phi) is 15.2. The van der Waals surface area contributed by atoms with Crippen molar-refractivity contribution in [2.24, 2.45) is 11.8 Å². The molecule has 0 N–H and O–H groups in total. The van der Waals surface area contributed by atoms with Gasteiger partial charge >= 0.3 is 5.97 Å². The van der Waals surface area contributed by atoms with Gasteiger partial charge in [-0.3, -0.25) is 4.79 Å². The maximum atomic E-state index is 12.8. The Morgan fingerprint density at radius 1 is 0.718 bits per heavy atom. The van der Waals surface area contributed by atoms with Crippen LogP contribution in [0.1, 0.15) is 141 Å². The van der Waals surface area contributed by atoms with E-state index >= 15 is 0 Å². The van der Waals surface area contributed by atoms with Crippen LogP contribution in [0.15, 0.2) is 36.7 Å². The molecule has 1 aromatic heterocycles. The second-order valence-electron chi connectivity index (χ2n) is 11.9. The number of benzene rings is 1. The molecule has 0 aliphatic heterocycles. The molecule has 1 aliphatic rings. The Hall–Kier alpha value is -2.23. The maximum absolute atomic E-state index is 12.8. The molecule has 1 aromatic carbocycles. The molecule has 0 radical (unpaired) electrons. The largest absolute Gasteiger partial charge is 0.426 e. The lowest BCUT2D eigenvalue weighted by molar-refractivity contribution is -0.140. The fourth-order valence-corrected chi connectivity index (χ4v) is 5.87. The predicted octanol–water partition coefficient (Wildman–Crippen LogP) is 10.3. The third kappa shape index (κ3) is 12.2. The molecule has 216 valence electrons. The fraction of sp³-hybridized carbons (Fsp3) is 0.686. The normalized spacial score (nSPS) is 17.3. The quantitative estimate of drug-likeness (QED) is 0.102. The van der Waals surface area contributed by atoms with E-state index in [9.17, 15) is 4.79 Å². The smallest absolute Gasteiger partial charge is 0.314 e. The molecule has 39 heavy (non-hydrogen) atoms. The summed E-state index contributed by atoms with van der Waals surface area (Å²) in [5, 5.41) is 0. The number of esters is 1. The Morgan fingerprint density at radius 2 is 1.26 bits per heavy atom. The van der Waals surface area contributed by atoms with E-state index in [0.29, 0.717) is 11.6 Å². The molecule has 4 nitrogen and oxygen atoms in total. The van der Waals surface area contributed by atoms with E-state index in [1.807, 2.05) is 36.7 Å². The number of carbonyl (C=O) groups is 1. The summed E-state index contributed by atoms with van der Waals surface area (Å²) in [5.41, 5.74) is 2.14. The van der Waals surface area contributed by atoms with Crippen LogP contribution in [-0.2, 0) is 11.2 Å². The van der Waals surface area contributed by atoms with Crippen LogP contribution in [0.3, 0.4) is 0 Å². The van der Waals surface area contributed by atoms with Gasteiger partial charge in [0.25, 0.3) is 0 Å². The van der Waals surface area contributed by atoms with E-state index in [4.69, 9.17) is 4.74 Å². The average molecular weight is 535 g/mol. The molecule has 1 saturated carbocycles. The molecule has 0 unspecified atom stereocenters. The lowest BCUT2D eigenvalue weighted by Crippen LogP contribution is -2.25. The highest BCUT2D eigenvalue weighted by atomic mass is 16.5. The zero-order valence-electron chi connectivity index (χ0n) is 25.0. The zero-order chi connectivity index (χ0) is 27.5. The molecule has 0 spiro atoms. The first-order chi connectivity index (χ1) is 19.2. The molecule has 4 heteroatoms. The Balaban J connectivity index is 1.29. The fourth-order valence-electron chi connectivity index (χ4n) is 5.87. The van der Waals surface area contributed by atoms with Crippen molar-refractivity contribution in [1.82, 2.24) is 9.97 Å². The Morgan fingerprint density at radius 3 is 1.85 bits per heavy atom. The number of hydrogen-bond donors (Lipinski definition) is 0. The molecular formula is C35H54N2O2. The van der Waals surface area contributed by atoms with Crippen LogP contribution in [0, 0.1) is 11.8 Å². The van der Waals surface area contributed by atoms with Crippen molar-refractivity contribution in [3.63, 3.8) is 0 Å². The van der Waals surface area contributed by atoms with Crippen molar-refractivity contribution in [3.05, 3.63) is 42.2 Å². The van der Waals surface area contributed by atoms with E-state index < -0.39 is 0 Å². The van der Waals surface area contributed by atoms with Crippen LogP contribution < -0.4 is 4.74 Å². The summed E-state index contributed by atoms with van der Waals surface area (Å²) in [5.74, 6) is 2.10. The lowest BCUT2D eigenvalue weighted by atomic mass is 9.79. The predicted molar refractivity (Wildman–Crippen MR) is 163 cm³/mol. The molecule has 0 atom stereocenters. The summed E-state index contributed by atoms with van der Waals surface area (Å²) in [6.45, 7) is 4.51. The van der Waals surface area contributed by atoms with Gasteiger partial charge in [-0.25, -0.2) is 9.97 Å². The lowest BCUT2D eigenvalue weighted by Gasteiger charge is -2.27. The van der Waals surface area contributed by atoms with Gasteiger partial charge in [-0.1, -0.05) is 104 Å². The topological polar surface area (TPSA) is 52.1 Å². The number of aryl methyl sites for hydroxylation is 1.